The Labute approximate surface area is 123 Å². The van der Waals surface area contributed by atoms with E-state index in [4.69, 9.17) is 5.84 Å². The standard InChI is InChI=1S/C11H15BrN4S2/c1-6(2)10-11(18-16-15-10)8(14-13)5-9-7(12)3-4-17-9/h3-4,6,8,14H,5,13H2,1-2H3. The molecule has 0 aliphatic heterocycles. The lowest BCUT2D eigenvalue weighted by Crippen LogP contribution is -2.29. The highest BCUT2D eigenvalue weighted by atomic mass is 79.9. The lowest BCUT2D eigenvalue weighted by atomic mass is 10.0. The number of hydrogen-bond acceptors (Lipinski definition) is 6. The molecule has 18 heavy (non-hydrogen) atoms. The van der Waals surface area contributed by atoms with Gasteiger partial charge >= 0.3 is 0 Å². The zero-order valence-electron chi connectivity index (χ0n) is 10.2. The van der Waals surface area contributed by atoms with Crippen LogP contribution in [0.2, 0.25) is 0 Å². The summed E-state index contributed by atoms with van der Waals surface area (Å²) in [6.45, 7) is 4.24. The second-order valence-corrected chi connectivity index (χ2v) is 6.93. The van der Waals surface area contributed by atoms with Crippen LogP contribution in [0, 0.1) is 0 Å². The fraction of sp³-hybridized carbons (Fsp3) is 0.455. The van der Waals surface area contributed by atoms with Crippen molar-refractivity contribution in [1.82, 2.24) is 15.0 Å². The van der Waals surface area contributed by atoms with Crippen LogP contribution in [-0.4, -0.2) is 9.59 Å². The van der Waals surface area contributed by atoms with Gasteiger partial charge in [-0.1, -0.05) is 18.3 Å². The van der Waals surface area contributed by atoms with Crippen LogP contribution in [0.3, 0.4) is 0 Å². The lowest BCUT2D eigenvalue weighted by Gasteiger charge is -2.15. The van der Waals surface area contributed by atoms with E-state index >= 15 is 0 Å². The van der Waals surface area contributed by atoms with E-state index in [1.807, 2.05) is 0 Å². The predicted molar refractivity (Wildman–Crippen MR) is 79.8 cm³/mol. The summed E-state index contributed by atoms with van der Waals surface area (Å²) >= 11 is 6.70. The van der Waals surface area contributed by atoms with Gasteiger partial charge < -0.3 is 0 Å². The van der Waals surface area contributed by atoms with Crippen molar-refractivity contribution in [2.45, 2.75) is 32.2 Å². The van der Waals surface area contributed by atoms with Gasteiger partial charge in [0.1, 0.15) is 0 Å². The molecule has 0 aliphatic carbocycles. The van der Waals surface area contributed by atoms with Gasteiger partial charge in [0, 0.05) is 15.8 Å². The summed E-state index contributed by atoms with van der Waals surface area (Å²) in [5.41, 5.74) is 3.92. The fourth-order valence-electron chi connectivity index (χ4n) is 1.73. The topological polar surface area (TPSA) is 63.8 Å². The highest BCUT2D eigenvalue weighted by Gasteiger charge is 2.21. The molecule has 0 amide bonds. The summed E-state index contributed by atoms with van der Waals surface area (Å²) < 4.78 is 5.19. The molecule has 0 bridgehead atoms. The predicted octanol–water partition coefficient (Wildman–Crippen LogP) is 3.23. The van der Waals surface area contributed by atoms with Gasteiger partial charge in [0.2, 0.25) is 0 Å². The van der Waals surface area contributed by atoms with E-state index in [0.717, 1.165) is 21.5 Å². The zero-order valence-corrected chi connectivity index (χ0v) is 13.4. The molecule has 2 rings (SSSR count). The van der Waals surface area contributed by atoms with Gasteiger partial charge in [0.05, 0.1) is 16.6 Å². The summed E-state index contributed by atoms with van der Waals surface area (Å²) in [5, 5.41) is 6.27. The number of hydrazine groups is 1. The van der Waals surface area contributed by atoms with Crippen molar-refractivity contribution < 1.29 is 0 Å². The molecule has 0 fully saturated rings. The molecular formula is C11H15BrN4S2. The van der Waals surface area contributed by atoms with Crippen molar-refractivity contribution in [3.63, 3.8) is 0 Å². The van der Waals surface area contributed by atoms with Gasteiger partial charge in [-0.15, -0.1) is 16.4 Å². The first kappa shape index (κ1) is 14.1. The molecule has 0 saturated carbocycles. The Morgan fingerprint density at radius 1 is 1.50 bits per heavy atom. The van der Waals surface area contributed by atoms with Gasteiger partial charge in [0.15, 0.2) is 0 Å². The van der Waals surface area contributed by atoms with Gasteiger partial charge in [-0.2, -0.15) is 0 Å². The molecule has 4 nitrogen and oxygen atoms in total. The molecule has 0 aliphatic rings. The molecule has 0 spiro atoms. The van der Waals surface area contributed by atoms with Crippen LogP contribution < -0.4 is 11.3 Å². The highest BCUT2D eigenvalue weighted by Crippen LogP contribution is 2.32. The number of nitrogens with one attached hydrogen (secondary N) is 1. The first-order chi connectivity index (χ1) is 8.63. The number of nitrogens with zero attached hydrogens (tertiary/aromatic N) is 2. The maximum Gasteiger partial charge on any atom is 0.0829 e. The van der Waals surface area contributed by atoms with E-state index in [1.54, 1.807) is 11.3 Å². The smallest absolute Gasteiger partial charge is 0.0829 e. The van der Waals surface area contributed by atoms with E-state index in [9.17, 15) is 0 Å². The van der Waals surface area contributed by atoms with Crippen LogP contribution in [0.15, 0.2) is 15.9 Å². The minimum absolute atomic E-state index is 0.0670. The third-order valence-electron chi connectivity index (χ3n) is 2.69. The van der Waals surface area contributed by atoms with Crippen LogP contribution >= 0.6 is 38.8 Å². The zero-order chi connectivity index (χ0) is 13.1. The Bertz CT molecular complexity index is 509. The van der Waals surface area contributed by atoms with Crippen LogP contribution in [-0.2, 0) is 6.42 Å². The second kappa shape index (κ2) is 6.21. The van der Waals surface area contributed by atoms with Crippen molar-refractivity contribution >= 4 is 38.8 Å². The van der Waals surface area contributed by atoms with Crippen molar-refractivity contribution in [1.29, 1.82) is 0 Å². The number of rotatable bonds is 5. The summed E-state index contributed by atoms with van der Waals surface area (Å²) in [7, 11) is 0. The SMILES string of the molecule is CC(C)c1nnsc1C(Cc1sccc1Br)NN. The maximum absolute atomic E-state index is 5.69. The third-order valence-corrected chi connectivity index (χ3v) is 5.49. The van der Waals surface area contributed by atoms with E-state index < -0.39 is 0 Å². The van der Waals surface area contributed by atoms with Gasteiger partial charge in [-0.25, -0.2) is 0 Å². The van der Waals surface area contributed by atoms with Crippen LogP contribution in [0.4, 0.5) is 0 Å². The molecular weight excluding hydrogens is 332 g/mol. The Morgan fingerprint density at radius 2 is 2.28 bits per heavy atom. The largest absolute Gasteiger partial charge is 0.271 e. The molecule has 98 valence electrons. The Kier molecular flexibility index (Phi) is 4.85. The molecule has 2 aromatic heterocycles. The third kappa shape index (κ3) is 2.97. The average molecular weight is 347 g/mol. The molecule has 7 heteroatoms. The van der Waals surface area contributed by atoms with Gasteiger partial charge in [0.25, 0.3) is 0 Å². The quantitative estimate of drug-likeness (QED) is 0.644. The number of aromatic nitrogens is 2. The fourth-order valence-corrected chi connectivity index (χ4v) is 4.16. The summed E-state index contributed by atoms with van der Waals surface area (Å²) in [6, 6.07) is 2.12. The first-order valence-electron chi connectivity index (χ1n) is 5.63. The molecule has 3 N–H and O–H groups in total. The molecule has 0 radical (unpaired) electrons. The monoisotopic (exact) mass is 346 g/mol. The summed E-state index contributed by atoms with van der Waals surface area (Å²) in [4.78, 5) is 2.41. The van der Waals surface area contributed by atoms with Gasteiger partial charge in [-0.05, 0) is 44.8 Å². The minimum atomic E-state index is 0.0670. The van der Waals surface area contributed by atoms with Crippen molar-refractivity contribution in [2.24, 2.45) is 5.84 Å². The molecule has 2 heterocycles. The van der Waals surface area contributed by atoms with E-state index in [0.29, 0.717) is 5.92 Å². The number of nitrogens with two attached hydrogens (primary N) is 1. The number of halogens is 1. The van der Waals surface area contributed by atoms with Crippen molar-refractivity contribution in [3.8, 4) is 0 Å². The van der Waals surface area contributed by atoms with Crippen LogP contribution in [0.5, 0.6) is 0 Å². The first-order valence-corrected chi connectivity index (χ1v) is 8.08. The average Bonchev–Trinajstić information content (AvgIpc) is 2.95. The minimum Gasteiger partial charge on any atom is -0.271 e. The van der Waals surface area contributed by atoms with E-state index in [2.05, 4.69) is 56.2 Å². The molecule has 2 aromatic rings. The highest BCUT2D eigenvalue weighted by molar-refractivity contribution is 9.10. The summed E-state index contributed by atoms with van der Waals surface area (Å²) in [5.74, 6) is 6.05. The molecule has 0 saturated heterocycles. The normalized spacial score (nSPS) is 13.2. The molecule has 1 atom stereocenters. The Hall–Kier alpha value is -0.340. The summed E-state index contributed by atoms with van der Waals surface area (Å²) in [6.07, 6.45) is 0.846. The number of thiophene rings is 1. The number of hydrogen-bond donors (Lipinski definition) is 2. The Morgan fingerprint density at radius 3 is 2.83 bits per heavy atom. The maximum atomic E-state index is 5.69. The van der Waals surface area contributed by atoms with Gasteiger partial charge in [-0.3, -0.25) is 11.3 Å². The van der Waals surface area contributed by atoms with Crippen molar-refractivity contribution in [3.05, 3.63) is 31.4 Å². The van der Waals surface area contributed by atoms with Crippen LogP contribution in [0.1, 0.15) is 41.3 Å². The lowest BCUT2D eigenvalue weighted by molar-refractivity contribution is 0.554. The molecule has 0 aromatic carbocycles. The Balaban J connectivity index is 2.23. The molecule has 1 unspecified atom stereocenters. The van der Waals surface area contributed by atoms with E-state index in [1.165, 1.54) is 16.4 Å². The van der Waals surface area contributed by atoms with Crippen molar-refractivity contribution in [2.75, 3.05) is 0 Å². The second-order valence-electron chi connectivity index (χ2n) is 4.29. The van der Waals surface area contributed by atoms with Crippen LogP contribution in [0.25, 0.3) is 0 Å². The van der Waals surface area contributed by atoms with E-state index in [-0.39, 0.29) is 6.04 Å².